The predicted molar refractivity (Wildman–Crippen MR) is 71.1 cm³/mol. The zero-order chi connectivity index (χ0) is 13.1. The monoisotopic (exact) mass is 246 g/mol. The van der Waals surface area contributed by atoms with Crippen LogP contribution >= 0.6 is 0 Å². The Morgan fingerprint density at radius 2 is 2.22 bits per heavy atom. The Labute approximate surface area is 106 Å². The molecule has 96 valence electrons. The summed E-state index contributed by atoms with van der Waals surface area (Å²) in [5, 5.41) is 3.09. The van der Waals surface area contributed by atoms with Gasteiger partial charge in [-0.05, 0) is 25.6 Å². The number of likely N-dealkylation sites (N-methyl/N-ethyl adjacent to an activating group) is 1. The molecular weight excluding hydrogens is 228 g/mol. The highest BCUT2D eigenvalue weighted by molar-refractivity contribution is 5.80. The molecule has 5 heteroatoms. The van der Waals surface area contributed by atoms with E-state index in [-0.39, 0.29) is 11.9 Å². The molecule has 1 amide bonds. The number of primary amides is 1. The van der Waals surface area contributed by atoms with E-state index in [4.69, 9.17) is 5.73 Å². The predicted octanol–water partition coefficient (Wildman–Crippen LogP) is 0.808. The number of aromatic nitrogens is 2. The number of aryl methyl sites for hydroxylation is 1. The maximum atomic E-state index is 11.4. The average molecular weight is 246 g/mol. The van der Waals surface area contributed by atoms with Crippen LogP contribution in [0.4, 0.5) is 0 Å². The van der Waals surface area contributed by atoms with Crippen molar-refractivity contribution in [2.75, 3.05) is 6.54 Å². The molecule has 0 aliphatic carbocycles. The lowest BCUT2D eigenvalue weighted by molar-refractivity contribution is -0.120. The van der Waals surface area contributed by atoms with Gasteiger partial charge in [0.25, 0.3) is 0 Å². The zero-order valence-electron chi connectivity index (χ0n) is 10.7. The number of fused-ring (bicyclic) bond motifs is 1. The van der Waals surface area contributed by atoms with E-state index in [1.807, 2.05) is 42.7 Å². The largest absolute Gasteiger partial charge is 0.368 e. The molecule has 3 N–H and O–H groups in total. The number of carbonyl (C=O) groups is 1. The molecule has 0 aliphatic heterocycles. The van der Waals surface area contributed by atoms with E-state index < -0.39 is 0 Å². The van der Waals surface area contributed by atoms with Crippen LogP contribution in [-0.4, -0.2) is 28.0 Å². The molecule has 5 nitrogen and oxygen atoms in total. The molecule has 1 atom stereocenters. The lowest BCUT2D eigenvalue weighted by atomic mass is 10.2. The summed E-state index contributed by atoms with van der Waals surface area (Å²) in [4.78, 5) is 15.9. The fourth-order valence-corrected chi connectivity index (χ4v) is 2.11. The highest BCUT2D eigenvalue weighted by Gasteiger charge is 2.17. The quantitative estimate of drug-likeness (QED) is 0.820. The molecule has 18 heavy (non-hydrogen) atoms. The summed E-state index contributed by atoms with van der Waals surface area (Å²) in [5.74, 6) is 0.550. The van der Waals surface area contributed by atoms with Gasteiger partial charge in [0.2, 0.25) is 5.91 Å². The van der Waals surface area contributed by atoms with Crippen molar-refractivity contribution in [3.05, 3.63) is 30.1 Å². The van der Waals surface area contributed by atoms with E-state index in [9.17, 15) is 4.79 Å². The van der Waals surface area contributed by atoms with Gasteiger partial charge < -0.3 is 15.6 Å². The summed E-state index contributed by atoms with van der Waals surface area (Å²) in [5.41, 5.74) is 7.36. The Kier molecular flexibility index (Phi) is 3.62. The summed E-state index contributed by atoms with van der Waals surface area (Å²) in [6, 6.07) is 7.51. The number of nitrogens with two attached hydrogens (primary N) is 1. The van der Waals surface area contributed by atoms with Crippen molar-refractivity contribution in [1.82, 2.24) is 14.9 Å². The maximum absolute atomic E-state index is 11.4. The SMILES string of the molecule is CCNC(Cn1c(C)nc2ccccc21)C(N)=O. The van der Waals surface area contributed by atoms with Crippen molar-refractivity contribution in [1.29, 1.82) is 0 Å². The molecule has 1 unspecified atom stereocenters. The minimum Gasteiger partial charge on any atom is -0.368 e. The number of amides is 1. The summed E-state index contributed by atoms with van der Waals surface area (Å²) in [7, 11) is 0. The van der Waals surface area contributed by atoms with Crippen LogP contribution in [0.3, 0.4) is 0 Å². The van der Waals surface area contributed by atoms with Crippen LogP contribution in [0.15, 0.2) is 24.3 Å². The van der Waals surface area contributed by atoms with Gasteiger partial charge in [0.15, 0.2) is 0 Å². The molecule has 2 aromatic rings. The first-order chi connectivity index (χ1) is 8.63. The Hall–Kier alpha value is -1.88. The van der Waals surface area contributed by atoms with Crippen LogP contribution in [0.25, 0.3) is 11.0 Å². The third-order valence-corrected chi connectivity index (χ3v) is 3.00. The molecule has 0 saturated carbocycles. The summed E-state index contributed by atoms with van der Waals surface area (Å²) in [6.07, 6.45) is 0. The molecule has 1 heterocycles. The van der Waals surface area contributed by atoms with Crippen LogP contribution in [0.5, 0.6) is 0 Å². The third-order valence-electron chi connectivity index (χ3n) is 3.00. The number of para-hydroxylation sites is 2. The first kappa shape index (κ1) is 12.6. The smallest absolute Gasteiger partial charge is 0.236 e. The number of benzene rings is 1. The van der Waals surface area contributed by atoms with Gasteiger partial charge in [-0.3, -0.25) is 4.79 Å². The van der Waals surface area contributed by atoms with Crippen molar-refractivity contribution in [3.8, 4) is 0 Å². The Morgan fingerprint density at radius 1 is 1.50 bits per heavy atom. The molecule has 0 bridgehead atoms. The van der Waals surface area contributed by atoms with Crippen molar-refractivity contribution in [3.63, 3.8) is 0 Å². The molecule has 0 fully saturated rings. The highest BCUT2D eigenvalue weighted by atomic mass is 16.1. The number of nitrogens with one attached hydrogen (secondary N) is 1. The van der Waals surface area contributed by atoms with E-state index in [0.29, 0.717) is 13.1 Å². The van der Waals surface area contributed by atoms with E-state index in [1.165, 1.54) is 0 Å². The second kappa shape index (κ2) is 5.18. The van der Waals surface area contributed by atoms with Gasteiger partial charge in [0, 0.05) is 6.54 Å². The number of hydrogen-bond donors (Lipinski definition) is 2. The fourth-order valence-electron chi connectivity index (χ4n) is 2.11. The topological polar surface area (TPSA) is 72.9 Å². The van der Waals surface area contributed by atoms with Gasteiger partial charge in [-0.15, -0.1) is 0 Å². The van der Waals surface area contributed by atoms with Gasteiger partial charge in [0.1, 0.15) is 11.9 Å². The van der Waals surface area contributed by atoms with Crippen LogP contribution < -0.4 is 11.1 Å². The van der Waals surface area contributed by atoms with Crippen molar-refractivity contribution in [2.45, 2.75) is 26.4 Å². The average Bonchev–Trinajstić information content (AvgIpc) is 2.65. The van der Waals surface area contributed by atoms with E-state index in [1.54, 1.807) is 0 Å². The number of imidazole rings is 1. The van der Waals surface area contributed by atoms with E-state index >= 15 is 0 Å². The minimum absolute atomic E-state index is 0.339. The van der Waals surface area contributed by atoms with E-state index in [2.05, 4.69) is 10.3 Å². The molecular formula is C13H18N4O. The van der Waals surface area contributed by atoms with Crippen LogP contribution in [0.1, 0.15) is 12.7 Å². The first-order valence-electron chi connectivity index (χ1n) is 6.08. The lowest BCUT2D eigenvalue weighted by Crippen LogP contribution is -2.44. The second-order valence-corrected chi connectivity index (χ2v) is 4.27. The van der Waals surface area contributed by atoms with Crippen LogP contribution in [0.2, 0.25) is 0 Å². The Morgan fingerprint density at radius 3 is 2.89 bits per heavy atom. The molecule has 0 saturated heterocycles. The number of carbonyl (C=O) groups excluding carboxylic acids is 1. The summed E-state index contributed by atoms with van der Waals surface area (Å²) in [6.45, 7) is 5.10. The molecule has 2 rings (SSSR count). The molecule has 1 aromatic carbocycles. The van der Waals surface area contributed by atoms with Crippen LogP contribution in [0, 0.1) is 6.92 Å². The van der Waals surface area contributed by atoms with Gasteiger partial charge in [-0.25, -0.2) is 4.98 Å². The Bertz CT molecular complexity index is 561. The summed E-state index contributed by atoms with van der Waals surface area (Å²) < 4.78 is 2.02. The normalized spacial score (nSPS) is 12.8. The molecule has 0 spiro atoms. The molecule has 0 radical (unpaired) electrons. The Balaban J connectivity index is 2.35. The minimum atomic E-state index is -0.369. The zero-order valence-corrected chi connectivity index (χ0v) is 10.7. The summed E-state index contributed by atoms with van der Waals surface area (Å²) >= 11 is 0. The second-order valence-electron chi connectivity index (χ2n) is 4.27. The van der Waals surface area contributed by atoms with Gasteiger partial charge >= 0.3 is 0 Å². The lowest BCUT2D eigenvalue weighted by Gasteiger charge is -2.16. The number of rotatable bonds is 5. The van der Waals surface area contributed by atoms with Crippen molar-refractivity contribution >= 4 is 16.9 Å². The fraction of sp³-hybridized carbons (Fsp3) is 0.385. The van der Waals surface area contributed by atoms with Gasteiger partial charge in [0.05, 0.1) is 11.0 Å². The van der Waals surface area contributed by atoms with Gasteiger partial charge in [-0.2, -0.15) is 0 Å². The standard InChI is InChI=1S/C13H18N4O/c1-3-15-11(13(14)18)8-17-9(2)16-10-6-4-5-7-12(10)17/h4-7,11,15H,3,8H2,1-2H3,(H2,14,18). The molecule has 1 aromatic heterocycles. The molecule has 0 aliphatic rings. The van der Waals surface area contributed by atoms with Gasteiger partial charge in [-0.1, -0.05) is 19.1 Å². The van der Waals surface area contributed by atoms with Crippen molar-refractivity contribution < 1.29 is 4.79 Å². The first-order valence-corrected chi connectivity index (χ1v) is 6.08. The van der Waals surface area contributed by atoms with Crippen LogP contribution in [-0.2, 0) is 11.3 Å². The number of hydrogen-bond acceptors (Lipinski definition) is 3. The third kappa shape index (κ3) is 2.36. The van der Waals surface area contributed by atoms with E-state index in [0.717, 1.165) is 16.9 Å². The van der Waals surface area contributed by atoms with Crippen molar-refractivity contribution in [2.24, 2.45) is 5.73 Å². The maximum Gasteiger partial charge on any atom is 0.236 e. The number of nitrogens with zero attached hydrogens (tertiary/aromatic N) is 2. The highest BCUT2D eigenvalue weighted by Crippen LogP contribution is 2.15.